The summed E-state index contributed by atoms with van der Waals surface area (Å²) in [5, 5.41) is 3.43. The van der Waals surface area contributed by atoms with Crippen LogP contribution in [-0.2, 0) is 0 Å². The largest absolute Gasteiger partial charge is 0.317 e. The third kappa shape index (κ3) is 5.27. The van der Waals surface area contributed by atoms with E-state index in [-0.39, 0.29) is 0 Å². The van der Waals surface area contributed by atoms with Crippen LogP contribution < -0.4 is 5.32 Å². The maximum absolute atomic E-state index is 3.43. The van der Waals surface area contributed by atoms with Crippen molar-refractivity contribution in [3.05, 3.63) is 0 Å². The molecule has 0 bridgehead atoms. The Morgan fingerprint density at radius 3 is 2.56 bits per heavy atom. The Labute approximate surface area is 115 Å². The van der Waals surface area contributed by atoms with Crippen LogP contribution in [0.3, 0.4) is 0 Å². The third-order valence-corrected chi connectivity index (χ3v) is 4.51. The molecule has 1 heterocycles. The van der Waals surface area contributed by atoms with Gasteiger partial charge in [-0.05, 0) is 45.2 Å². The van der Waals surface area contributed by atoms with E-state index in [9.17, 15) is 0 Å². The molecular weight excluding hydrogens is 220 g/mol. The molecule has 1 aliphatic rings. The molecule has 0 aromatic rings. The first-order chi connectivity index (χ1) is 8.48. The molecule has 0 aliphatic carbocycles. The Hall–Kier alpha value is -0.0800. The molecule has 0 aromatic heterocycles. The van der Waals surface area contributed by atoms with Gasteiger partial charge in [-0.25, -0.2) is 0 Å². The van der Waals surface area contributed by atoms with Gasteiger partial charge in [0.25, 0.3) is 0 Å². The summed E-state index contributed by atoms with van der Waals surface area (Å²) in [6.45, 7) is 12.1. The van der Waals surface area contributed by atoms with Crippen molar-refractivity contribution in [2.24, 2.45) is 5.41 Å². The van der Waals surface area contributed by atoms with Crippen molar-refractivity contribution in [2.45, 2.75) is 78.3 Å². The first-order valence-electron chi connectivity index (χ1n) is 7.90. The highest BCUT2D eigenvalue weighted by molar-refractivity contribution is 4.85. The number of hydrogen-bond acceptors (Lipinski definition) is 2. The lowest BCUT2D eigenvalue weighted by Gasteiger charge is -2.42. The molecule has 1 N–H and O–H groups in total. The van der Waals surface area contributed by atoms with Gasteiger partial charge in [0.05, 0.1) is 0 Å². The minimum Gasteiger partial charge on any atom is -0.317 e. The molecule has 0 radical (unpaired) electrons. The quantitative estimate of drug-likeness (QED) is 0.697. The van der Waals surface area contributed by atoms with E-state index in [0.29, 0.717) is 5.41 Å². The SMILES string of the molecule is CCCCCC(C)(C)CN1CCC(NC)CC1C. The van der Waals surface area contributed by atoms with Crippen LogP contribution in [0.15, 0.2) is 0 Å². The van der Waals surface area contributed by atoms with Gasteiger partial charge in [-0.3, -0.25) is 0 Å². The fourth-order valence-electron chi connectivity index (χ4n) is 3.20. The molecule has 108 valence electrons. The van der Waals surface area contributed by atoms with Crippen LogP contribution in [0, 0.1) is 5.41 Å². The monoisotopic (exact) mass is 254 g/mol. The van der Waals surface area contributed by atoms with E-state index >= 15 is 0 Å². The highest BCUT2D eigenvalue weighted by Gasteiger charge is 2.29. The number of piperidine rings is 1. The van der Waals surface area contributed by atoms with Crippen molar-refractivity contribution < 1.29 is 0 Å². The van der Waals surface area contributed by atoms with Crippen LogP contribution in [0.25, 0.3) is 0 Å². The van der Waals surface area contributed by atoms with E-state index in [1.54, 1.807) is 0 Å². The summed E-state index contributed by atoms with van der Waals surface area (Å²) in [5.41, 5.74) is 0.482. The Morgan fingerprint density at radius 1 is 1.28 bits per heavy atom. The highest BCUT2D eigenvalue weighted by atomic mass is 15.2. The molecule has 2 unspecified atom stereocenters. The smallest absolute Gasteiger partial charge is 0.00910 e. The van der Waals surface area contributed by atoms with E-state index in [1.807, 2.05) is 0 Å². The normalized spacial score (nSPS) is 26.5. The Kier molecular flexibility index (Phi) is 6.65. The molecule has 1 rings (SSSR count). The van der Waals surface area contributed by atoms with E-state index in [1.165, 1.54) is 51.6 Å². The number of hydrogen-bond donors (Lipinski definition) is 1. The van der Waals surface area contributed by atoms with Crippen molar-refractivity contribution >= 4 is 0 Å². The summed E-state index contributed by atoms with van der Waals surface area (Å²) in [6, 6.07) is 1.47. The van der Waals surface area contributed by atoms with Gasteiger partial charge in [0, 0.05) is 18.6 Å². The van der Waals surface area contributed by atoms with Gasteiger partial charge in [-0.15, -0.1) is 0 Å². The van der Waals surface area contributed by atoms with E-state index < -0.39 is 0 Å². The molecule has 0 aromatic carbocycles. The van der Waals surface area contributed by atoms with Crippen molar-refractivity contribution in [2.75, 3.05) is 20.1 Å². The van der Waals surface area contributed by atoms with Crippen LogP contribution in [0.4, 0.5) is 0 Å². The minimum absolute atomic E-state index is 0.482. The number of nitrogens with one attached hydrogen (secondary N) is 1. The van der Waals surface area contributed by atoms with E-state index in [4.69, 9.17) is 0 Å². The summed E-state index contributed by atoms with van der Waals surface area (Å²) in [4.78, 5) is 2.71. The van der Waals surface area contributed by atoms with Crippen LogP contribution >= 0.6 is 0 Å². The first-order valence-corrected chi connectivity index (χ1v) is 7.90. The Bertz CT molecular complexity index is 225. The standard InChI is InChI=1S/C16H34N2/c1-6-7-8-10-16(3,4)13-18-11-9-15(17-5)12-14(18)2/h14-15,17H,6-13H2,1-5H3. The lowest BCUT2D eigenvalue weighted by atomic mass is 9.84. The third-order valence-electron chi connectivity index (χ3n) is 4.51. The Balaban J connectivity index is 2.36. The van der Waals surface area contributed by atoms with Crippen molar-refractivity contribution in [1.29, 1.82) is 0 Å². The van der Waals surface area contributed by atoms with Crippen LogP contribution in [0.1, 0.15) is 66.2 Å². The molecule has 18 heavy (non-hydrogen) atoms. The maximum Gasteiger partial charge on any atom is 0.00910 e. The van der Waals surface area contributed by atoms with Crippen LogP contribution in [0.2, 0.25) is 0 Å². The summed E-state index contributed by atoms with van der Waals surface area (Å²) in [5.74, 6) is 0. The number of unbranched alkanes of at least 4 members (excludes halogenated alkanes) is 2. The van der Waals surface area contributed by atoms with Crippen molar-refractivity contribution in [3.63, 3.8) is 0 Å². The summed E-state index contributed by atoms with van der Waals surface area (Å²) < 4.78 is 0. The maximum atomic E-state index is 3.43. The topological polar surface area (TPSA) is 15.3 Å². The predicted octanol–water partition coefficient (Wildman–Crippen LogP) is 3.67. The molecule has 1 aliphatic heterocycles. The minimum atomic E-state index is 0.482. The Morgan fingerprint density at radius 2 is 2.00 bits per heavy atom. The molecular formula is C16H34N2. The van der Waals surface area contributed by atoms with Crippen LogP contribution in [0.5, 0.6) is 0 Å². The lowest BCUT2D eigenvalue weighted by molar-refractivity contribution is 0.0862. The molecule has 0 saturated carbocycles. The first kappa shape index (κ1) is 16.0. The zero-order valence-corrected chi connectivity index (χ0v) is 13.3. The summed E-state index contributed by atoms with van der Waals surface area (Å²) in [6.07, 6.45) is 8.11. The highest BCUT2D eigenvalue weighted by Crippen LogP contribution is 2.28. The van der Waals surface area contributed by atoms with Gasteiger partial charge >= 0.3 is 0 Å². The second kappa shape index (κ2) is 7.49. The number of nitrogens with zero attached hydrogens (tertiary/aromatic N) is 1. The summed E-state index contributed by atoms with van der Waals surface area (Å²) >= 11 is 0. The zero-order valence-electron chi connectivity index (χ0n) is 13.3. The van der Waals surface area contributed by atoms with Crippen LogP contribution in [-0.4, -0.2) is 37.1 Å². The second-order valence-corrected chi connectivity index (χ2v) is 6.95. The van der Waals surface area contributed by atoms with Gasteiger partial charge < -0.3 is 10.2 Å². The number of rotatable bonds is 7. The molecule has 0 amide bonds. The molecule has 2 atom stereocenters. The predicted molar refractivity (Wildman–Crippen MR) is 81.0 cm³/mol. The van der Waals surface area contributed by atoms with E-state index in [2.05, 4.69) is 45.0 Å². The average molecular weight is 254 g/mol. The van der Waals surface area contributed by atoms with Gasteiger partial charge in [-0.1, -0.05) is 40.0 Å². The fraction of sp³-hybridized carbons (Fsp3) is 1.00. The van der Waals surface area contributed by atoms with Gasteiger partial charge in [0.15, 0.2) is 0 Å². The molecule has 1 saturated heterocycles. The van der Waals surface area contributed by atoms with Gasteiger partial charge in [0.2, 0.25) is 0 Å². The van der Waals surface area contributed by atoms with Gasteiger partial charge in [0.1, 0.15) is 0 Å². The average Bonchev–Trinajstić information content (AvgIpc) is 2.31. The molecule has 2 heteroatoms. The molecule has 0 spiro atoms. The second-order valence-electron chi connectivity index (χ2n) is 6.95. The van der Waals surface area contributed by atoms with E-state index in [0.717, 1.165) is 12.1 Å². The molecule has 2 nitrogen and oxygen atoms in total. The van der Waals surface area contributed by atoms with Crippen molar-refractivity contribution in [3.8, 4) is 0 Å². The lowest BCUT2D eigenvalue weighted by Crippen LogP contribution is -2.49. The fourth-order valence-corrected chi connectivity index (χ4v) is 3.20. The molecule has 1 fully saturated rings. The summed E-state index contributed by atoms with van der Waals surface area (Å²) in [7, 11) is 2.10. The zero-order chi connectivity index (χ0) is 13.6. The number of likely N-dealkylation sites (tertiary alicyclic amines) is 1. The van der Waals surface area contributed by atoms with Crippen molar-refractivity contribution in [1.82, 2.24) is 10.2 Å². The van der Waals surface area contributed by atoms with Gasteiger partial charge in [-0.2, -0.15) is 0 Å².